The minimum atomic E-state index is -0.819. The number of benzene rings is 2. The Morgan fingerprint density at radius 2 is 1.84 bits per heavy atom. The number of nitrogens with zero attached hydrogens (tertiary/aromatic N) is 2. The first-order chi connectivity index (χ1) is 17.9. The van der Waals surface area contributed by atoms with Crippen molar-refractivity contribution in [2.24, 2.45) is 11.3 Å². The van der Waals surface area contributed by atoms with E-state index in [4.69, 9.17) is 9.47 Å². The second-order valence-corrected chi connectivity index (χ2v) is 11.1. The van der Waals surface area contributed by atoms with Crippen LogP contribution in [0.3, 0.4) is 0 Å². The number of carboxylic acid groups (broad SMARTS) is 1. The van der Waals surface area contributed by atoms with Gasteiger partial charge in [-0.1, -0.05) is 42.5 Å². The zero-order valence-electron chi connectivity index (χ0n) is 21.1. The SMILES string of the molecule is C[C@@]1(CCC(=O)O)Oc2ccccc2[C@@H]2OCC3(CCN(C(=O)c4nccc5ccccc45)CC3)C[C@H]21. The van der Waals surface area contributed by atoms with Crippen molar-refractivity contribution in [3.8, 4) is 5.75 Å². The second-order valence-electron chi connectivity index (χ2n) is 11.1. The van der Waals surface area contributed by atoms with E-state index in [0.29, 0.717) is 31.8 Å². The van der Waals surface area contributed by atoms with E-state index in [9.17, 15) is 14.7 Å². The van der Waals surface area contributed by atoms with Crippen LogP contribution in [0.4, 0.5) is 0 Å². The number of amides is 1. The molecule has 0 unspecified atom stereocenters. The molecule has 192 valence electrons. The zero-order chi connectivity index (χ0) is 25.6. The van der Waals surface area contributed by atoms with E-state index in [1.807, 2.05) is 60.4 Å². The monoisotopic (exact) mass is 500 g/mol. The Morgan fingerprint density at radius 1 is 1.08 bits per heavy atom. The topological polar surface area (TPSA) is 89.0 Å². The molecule has 2 fully saturated rings. The van der Waals surface area contributed by atoms with E-state index in [-0.39, 0.29) is 29.8 Å². The van der Waals surface area contributed by atoms with Gasteiger partial charge in [-0.3, -0.25) is 14.6 Å². The Kier molecular flexibility index (Phi) is 5.91. The van der Waals surface area contributed by atoms with Crippen LogP contribution in [0.1, 0.15) is 61.2 Å². The number of hydrogen-bond acceptors (Lipinski definition) is 5. The molecule has 37 heavy (non-hydrogen) atoms. The molecule has 1 spiro atoms. The van der Waals surface area contributed by atoms with E-state index in [2.05, 4.69) is 11.1 Å². The van der Waals surface area contributed by atoms with Gasteiger partial charge < -0.3 is 19.5 Å². The number of para-hydroxylation sites is 1. The van der Waals surface area contributed by atoms with Gasteiger partial charge in [-0.05, 0) is 55.5 Å². The summed E-state index contributed by atoms with van der Waals surface area (Å²) in [5, 5.41) is 11.3. The summed E-state index contributed by atoms with van der Waals surface area (Å²) in [6.45, 7) is 3.96. The Balaban J connectivity index is 1.22. The molecule has 7 heteroatoms. The van der Waals surface area contributed by atoms with Gasteiger partial charge in [0.15, 0.2) is 0 Å². The van der Waals surface area contributed by atoms with Crippen LogP contribution in [0.2, 0.25) is 0 Å². The zero-order valence-corrected chi connectivity index (χ0v) is 21.1. The fourth-order valence-electron chi connectivity index (χ4n) is 6.56. The molecule has 1 amide bonds. The van der Waals surface area contributed by atoms with Crippen LogP contribution >= 0.6 is 0 Å². The molecule has 7 nitrogen and oxygen atoms in total. The predicted octanol–water partition coefficient (Wildman–Crippen LogP) is 5.25. The number of rotatable bonds is 4. The van der Waals surface area contributed by atoms with Crippen LogP contribution in [-0.4, -0.2) is 52.2 Å². The molecule has 0 bridgehead atoms. The Morgan fingerprint density at radius 3 is 2.65 bits per heavy atom. The fourth-order valence-corrected chi connectivity index (χ4v) is 6.56. The van der Waals surface area contributed by atoms with Crippen LogP contribution < -0.4 is 4.74 Å². The van der Waals surface area contributed by atoms with E-state index >= 15 is 0 Å². The predicted molar refractivity (Wildman–Crippen MR) is 138 cm³/mol. The maximum atomic E-state index is 13.5. The van der Waals surface area contributed by atoms with Crippen molar-refractivity contribution in [1.82, 2.24) is 9.88 Å². The highest BCUT2D eigenvalue weighted by atomic mass is 16.5. The molecule has 3 atom stereocenters. The number of aromatic nitrogens is 1. The lowest BCUT2D eigenvalue weighted by molar-refractivity contribution is -0.180. The number of piperidine rings is 1. The maximum Gasteiger partial charge on any atom is 0.303 e. The lowest BCUT2D eigenvalue weighted by atomic mass is 9.63. The molecule has 3 aromatic rings. The van der Waals surface area contributed by atoms with E-state index in [1.54, 1.807) is 6.20 Å². The first-order valence-corrected chi connectivity index (χ1v) is 13.1. The van der Waals surface area contributed by atoms with Crippen molar-refractivity contribution >= 4 is 22.6 Å². The summed E-state index contributed by atoms with van der Waals surface area (Å²) < 4.78 is 13.1. The van der Waals surface area contributed by atoms with Gasteiger partial charge in [0.25, 0.3) is 5.91 Å². The third-order valence-corrected chi connectivity index (χ3v) is 8.76. The Labute approximate surface area is 216 Å². The Bertz CT molecular complexity index is 1340. The molecule has 3 aliphatic heterocycles. The fraction of sp³-hybridized carbons (Fsp3) is 0.433. The van der Waals surface area contributed by atoms with Crippen LogP contribution in [-0.2, 0) is 9.53 Å². The smallest absolute Gasteiger partial charge is 0.303 e. The number of likely N-dealkylation sites (tertiary alicyclic amines) is 1. The van der Waals surface area contributed by atoms with Crippen LogP contribution in [0, 0.1) is 11.3 Å². The van der Waals surface area contributed by atoms with Crippen molar-refractivity contribution in [1.29, 1.82) is 0 Å². The molecule has 4 heterocycles. The average molecular weight is 501 g/mol. The number of fused-ring (bicyclic) bond motifs is 4. The molecule has 2 aromatic carbocycles. The molecule has 0 aliphatic carbocycles. The number of hydrogen-bond donors (Lipinski definition) is 1. The molecule has 3 aliphatic rings. The van der Waals surface area contributed by atoms with Gasteiger partial charge in [0, 0.05) is 42.6 Å². The molecular formula is C30H32N2O5. The summed E-state index contributed by atoms with van der Waals surface area (Å²) >= 11 is 0. The summed E-state index contributed by atoms with van der Waals surface area (Å²) in [6.07, 6.45) is 4.62. The average Bonchev–Trinajstić information content (AvgIpc) is 2.92. The number of carbonyl (C=O) groups is 2. The molecular weight excluding hydrogens is 468 g/mol. The van der Waals surface area contributed by atoms with Crippen LogP contribution in [0.5, 0.6) is 5.75 Å². The molecule has 1 aromatic heterocycles. The van der Waals surface area contributed by atoms with E-state index in [0.717, 1.165) is 41.3 Å². The molecule has 2 saturated heterocycles. The minimum absolute atomic E-state index is 0.0255. The van der Waals surface area contributed by atoms with Gasteiger partial charge in [0.2, 0.25) is 0 Å². The molecule has 0 saturated carbocycles. The standard InChI is InChI=1S/C30H32N2O5/c1-29(12-10-25(33)34)23-18-30(19-36-27(23)22-8-4-5-9-24(22)37-29)13-16-32(17-14-30)28(35)26-21-7-3-2-6-20(21)11-15-31-26/h2-9,11,15,23,27H,10,12-14,16-19H2,1H3,(H,33,34)/t23-,27+,29+/m1/s1. The minimum Gasteiger partial charge on any atom is -0.487 e. The largest absolute Gasteiger partial charge is 0.487 e. The third-order valence-electron chi connectivity index (χ3n) is 8.76. The van der Waals surface area contributed by atoms with Gasteiger partial charge in [-0.2, -0.15) is 0 Å². The number of aliphatic carboxylic acids is 1. The van der Waals surface area contributed by atoms with Crippen molar-refractivity contribution in [2.75, 3.05) is 19.7 Å². The molecule has 0 radical (unpaired) electrons. The molecule has 1 N–H and O–H groups in total. The maximum absolute atomic E-state index is 13.5. The summed E-state index contributed by atoms with van der Waals surface area (Å²) in [6, 6.07) is 17.7. The summed E-state index contributed by atoms with van der Waals surface area (Å²) in [7, 11) is 0. The summed E-state index contributed by atoms with van der Waals surface area (Å²) in [5.74, 6) is -0.0175. The normalized spacial score (nSPS) is 26.2. The number of pyridine rings is 1. The first kappa shape index (κ1) is 23.9. The van der Waals surface area contributed by atoms with E-state index < -0.39 is 11.6 Å². The highest BCUT2D eigenvalue weighted by Gasteiger charge is 2.54. The lowest BCUT2D eigenvalue weighted by Gasteiger charge is -2.55. The lowest BCUT2D eigenvalue weighted by Crippen LogP contribution is -2.56. The summed E-state index contributed by atoms with van der Waals surface area (Å²) in [5.41, 5.74) is 0.854. The highest BCUT2D eigenvalue weighted by Crippen LogP contribution is 2.56. The van der Waals surface area contributed by atoms with Crippen molar-refractivity contribution < 1.29 is 24.2 Å². The highest BCUT2D eigenvalue weighted by molar-refractivity contribution is 6.05. The summed E-state index contributed by atoms with van der Waals surface area (Å²) in [4.78, 5) is 31.3. The number of carbonyl (C=O) groups excluding carboxylic acids is 1. The van der Waals surface area contributed by atoms with Crippen molar-refractivity contribution in [3.05, 3.63) is 72.1 Å². The Hall–Kier alpha value is -3.45. The van der Waals surface area contributed by atoms with Gasteiger partial charge in [0.1, 0.15) is 17.0 Å². The number of ether oxygens (including phenoxy) is 2. The number of carboxylic acids is 1. The molecule has 6 rings (SSSR count). The third kappa shape index (κ3) is 4.25. The van der Waals surface area contributed by atoms with Crippen LogP contribution in [0.15, 0.2) is 60.8 Å². The van der Waals surface area contributed by atoms with Gasteiger partial charge in [-0.25, -0.2) is 0 Å². The quantitative estimate of drug-likeness (QED) is 0.526. The van der Waals surface area contributed by atoms with Gasteiger partial charge in [-0.15, -0.1) is 0 Å². The van der Waals surface area contributed by atoms with Gasteiger partial charge >= 0.3 is 5.97 Å². The second kappa shape index (κ2) is 9.14. The first-order valence-electron chi connectivity index (χ1n) is 13.1. The van der Waals surface area contributed by atoms with Gasteiger partial charge in [0.05, 0.1) is 12.7 Å². The van der Waals surface area contributed by atoms with Crippen molar-refractivity contribution in [3.63, 3.8) is 0 Å². The van der Waals surface area contributed by atoms with Crippen molar-refractivity contribution in [2.45, 2.75) is 50.7 Å². The van der Waals surface area contributed by atoms with Crippen LogP contribution in [0.25, 0.3) is 10.8 Å². The van der Waals surface area contributed by atoms with E-state index in [1.165, 1.54) is 0 Å².